The fourth-order valence-electron chi connectivity index (χ4n) is 1.67. The van der Waals surface area contributed by atoms with Crippen LogP contribution in [0.15, 0.2) is 15.8 Å². The molecule has 2 rings (SSSR count). The number of halogens is 2. The number of hydrogen-bond acceptors (Lipinski definition) is 5. The molecule has 0 unspecified atom stereocenters. The summed E-state index contributed by atoms with van der Waals surface area (Å²) in [4.78, 5) is 8.22. The van der Waals surface area contributed by atoms with Gasteiger partial charge in [-0.1, -0.05) is 16.8 Å². The van der Waals surface area contributed by atoms with E-state index in [4.69, 9.17) is 22.1 Å². The summed E-state index contributed by atoms with van der Waals surface area (Å²) in [6, 6.07) is 3.52. The van der Waals surface area contributed by atoms with Crippen molar-refractivity contribution in [2.24, 2.45) is 5.16 Å². The smallest absolute Gasteiger partial charge is 0.222 e. The lowest BCUT2D eigenvalue weighted by molar-refractivity contribution is 0.319. The summed E-state index contributed by atoms with van der Waals surface area (Å²) in [5.41, 5.74) is 1.02. The van der Waals surface area contributed by atoms with Gasteiger partial charge < -0.3 is 9.77 Å². The Morgan fingerprint density at radius 1 is 1.67 bits per heavy atom. The molecule has 0 bridgehead atoms. The van der Waals surface area contributed by atoms with Crippen molar-refractivity contribution < 1.29 is 5.21 Å². The standard InChI is InChI=1S/C10H7BrClN5O/c1-2-17-6-3-7(11)14-9(12)8(6)15-10(17)5(4-13)16-18/h3,18H,2H2,1H3. The molecule has 0 radical (unpaired) electrons. The van der Waals surface area contributed by atoms with Crippen LogP contribution in [0.2, 0.25) is 5.15 Å². The summed E-state index contributed by atoms with van der Waals surface area (Å²) in [6.45, 7) is 2.44. The van der Waals surface area contributed by atoms with Crippen molar-refractivity contribution in [1.82, 2.24) is 14.5 Å². The number of rotatable bonds is 2. The van der Waals surface area contributed by atoms with Crippen LogP contribution in [0.25, 0.3) is 11.0 Å². The van der Waals surface area contributed by atoms with Gasteiger partial charge in [0.25, 0.3) is 0 Å². The first-order chi connectivity index (χ1) is 8.62. The van der Waals surface area contributed by atoms with Crippen molar-refractivity contribution in [2.75, 3.05) is 0 Å². The minimum atomic E-state index is -0.166. The second-order valence-electron chi connectivity index (χ2n) is 3.34. The first-order valence-electron chi connectivity index (χ1n) is 4.97. The molecule has 2 heterocycles. The Morgan fingerprint density at radius 2 is 2.39 bits per heavy atom. The molecule has 0 aliphatic carbocycles. The predicted molar refractivity (Wildman–Crippen MR) is 69.8 cm³/mol. The Morgan fingerprint density at radius 3 is 2.94 bits per heavy atom. The molecule has 18 heavy (non-hydrogen) atoms. The third-order valence-electron chi connectivity index (χ3n) is 2.40. The van der Waals surface area contributed by atoms with E-state index in [-0.39, 0.29) is 16.7 Å². The van der Waals surface area contributed by atoms with E-state index in [1.807, 2.05) is 6.92 Å². The zero-order chi connectivity index (χ0) is 13.3. The van der Waals surface area contributed by atoms with Crippen molar-refractivity contribution in [3.8, 4) is 6.07 Å². The van der Waals surface area contributed by atoms with Crippen LogP contribution in [0.4, 0.5) is 0 Å². The molecule has 6 nitrogen and oxygen atoms in total. The molecule has 2 aromatic rings. The largest absolute Gasteiger partial charge is 0.410 e. The van der Waals surface area contributed by atoms with Crippen LogP contribution in [-0.2, 0) is 6.54 Å². The lowest BCUT2D eigenvalue weighted by atomic mass is 10.4. The Balaban J connectivity index is 2.85. The van der Waals surface area contributed by atoms with Gasteiger partial charge in [-0.2, -0.15) is 5.26 Å². The first kappa shape index (κ1) is 12.8. The minimum Gasteiger partial charge on any atom is -0.410 e. The Hall–Kier alpha value is -1.65. The van der Waals surface area contributed by atoms with Crippen LogP contribution in [0.3, 0.4) is 0 Å². The van der Waals surface area contributed by atoms with E-state index >= 15 is 0 Å². The summed E-state index contributed by atoms with van der Waals surface area (Å²) >= 11 is 9.24. The number of pyridine rings is 1. The van der Waals surface area contributed by atoms with Crippen LogP contribution >= 0.6 is 27.5 Å². The quantitative estimate of drug-likeness (QED) is 0.397. The highest BCUT2D eigenvalue weighted by atomic mass is 79.9. The van der Waals surface area contributed by atoms with E-state index in [1.54, 1.807) is 16.7 Å². The number of aryl methyl sites for hydroxylation is 1. The second-order valence-corrected chi connectivity index (χ2v) is 4.51. The van der Waals surface area contributed by atoms with E-state index in [0.29, 0.717) is 16.7 Å². The van der Waals surface area contributed by atoms with Crippen LogP contribution in [0.5, 0.6) is 0 Å². The maximum Gasteiger partial charge on any atom is 0.222 e. The molecule has 0 saturated carbocycles. The SMILES string of the molecule is CCn1c(C(C#N)=NO)nc2c(Cl)nc(Br)cc21. The van der Waals surface area contributed by atoms with Gasteiger partial charge >= 0.3 is 0 Å². The number of nitrogens with zero attached hydrogens (tertiary/aromatic N) is 5. The van der Waals surface area contributed by atoms with Gasteiger partial charge in [-0.3, -0.25) is 0 Å². The molecule has 2 aromatic heterocycles. The molecule has 92 valence electrons. The summed E-state index contributed by atoms with van der Waals surface area (Å²) in [5.74, 6) is 0.263. The normalized spacial score (nSPS) is 11.8. The Bertz CT molecular complexity index is 688. The average Bonchev–Trinajstić information content (AvgIpc) is 2.69. The van der Waals surface area contributed by atoms with E-state index in [9.17, 15) is 0 Å². The maximum atomic E-state index is 8.90. The van der Waals surface area contributed by atoms with Gasteiger partial charge in [-0.25, -0.2) is 9.97 Å². The van der Waals surface area contributed by atoms with Gasteiger partial charge in [0, 0.05) is 6.54 Å². The Labute approximate surface area is 116 Å². The van der Waals surface area contributed by atoms with Gasteiger partial charge in [0.2, 0.25) is 5.71 Å². The van der Waals surface area contributed by atoms with Crippen molar-refractivity contribution in [1.29, 1.82) is 5.26 Å². The van der Waals surface area contributed by atoms with E-state index in [1.165, 1.54) is 0 Å². The molecule has 0 atom stereocenters. The number of hydrogen-bond donors (Lipinski definition) is 1. The monoisotopic (exact) mass is 327 g/mol. The van der Waals surface area contributed by atoms with Crippen molar-refractivity contribution >= 4 is 44.3 Å². The molecule has 8 heteroatoms. The molecule has 0 amide bonds. The number of oxime groups is 1. The molecular formula is C10H7BrClN5O. The van der Waals surface area contributed by atoms with Crippen LogP contribution in [0.1, 0.15) is 12.7 Å². The van der Waals surface area contributed by atoms with Crippen LogP contribution in [0, 0.1) is 11.3 Å². The van der Waals surface area contributed by atoms with E-state index in [2.05, 4.69) is 31.1 Å². The third-order valence-corrected chi connectivity index (χ3v) is 3.07. The molecule has 0 aliphatic rings. The van der Waals surface area contributed by atoms with Gasteiger partial charge in [-0.15, -0.1) is 0 Å². The zero-order valence-electron chi connectivity index (χ0n) is 9.22. The predicted octanol–water partition coefficient (Wildman–Crippen LogP) is 2.57. The molecular weight excluding hydrogens is 322 g/mol. The summed E-state index contributed by atoms with van der Waals surface area (Å²) < 4.78 is 2.30. The van der Waals surface area contributed by atoms with Crippen molar-refractivity contribution in [3.63, 3.8) is 0 Å². The van der Waals surface area contributed by atoms with Crippen LogP contribution < -0.4 is 0 Å². The lowest BCUT2D eigenvalue weighted by Gasteiger charge is -2.03. The Kier molecular flexibility index (Phi) is 3.50. The third kappa shape index (κ3) is 1.94. The lowest BCUT2D eigenvalue weighted by Crippen LogP contribution is -2.08. The molecule has 0 aromatic carbocycles. The zero-order valence-corrected chi connectivity index (χ0v) is 11.6. The highest BCUT2D eigenvalue weighted by molar-refractivity contribution is 9.10. The number of imidazole rings is 1. The van der Waals surface area contributed by atoms with Gasteiger partial charge in [0.15, 0.2) is 11.0 Å². The number of nitriles is 1. The fourth-order valence-corrected chi connectivity index (χ4v) is 2.40. The molecule has 1 N–H and O–H groups in total. The summed E-state index contributed by atoms with van der Waals surface area (Å²) in [5, 5.41) is 20.9. The second kappa shape index (κ2) is 4.92. The van der Waals surface area contributed by atoms with E-state index < -0.39 is 0 Å². The highest BCUT2D eigenvalue weighted by Gasteiger charge is 2.18. The molecule has 0 aliphatic heterocycles. The maximum absolute atomic E-state index is 8.90. The molecule has 0 spiro atoms. The fraction of sp³-hybridized carbons (Fsp3) is 0.200. The van der Waals surface area contributed by atoms with Crippen molar-refractivity contribution in [3.05, 3.63) is 21.6 Å². The van der Waals surface area contributed by atoms with Gasteiger partial charge in [0.05, 0.1) is 5.52 Å². The number of aromatic nitrogens is 3. The first-order valence-corrected chi connectivity index (χ1v) is 6.14. The average molecular weight is 329 g/mol. The minimum absolute atomic E-state index is 0.166. The van der Waals surface area contributed by atoms with Gasteiger partial charge in [-0.05, 0) is 28.9 Å². The van der Waals surface area contributed by atoms with Crippen LogP contribution in [-0.4, -0.2) is 25.5 Å². The van der Waals surface area contributed by atoms with Crippen molar-refractivity contribution in [2.45, 2.75) is 13.5 Å². The summed E-state index contributed by atoms with van der Waals surface area (Å²) in [7, 11) is 0. The molecule has 0 saturated heterocycles. The highest BCUT2D eigenvalue weighted by Crippen LogP contribution is 2.25. The molecule has 0 fully saturated rings. The summed E-state index contributed by atoms with van der Waals surface area (Å²) in [6.07, 6.45) is 0. The van der Waals surface area contributed by atoms with E-state index in [0.717, 1.165) is 5.52 Å². The number of fused-ring (bicyclic) bond motifs is 1. The van der Waals surface area contributed by atoms with Gasteiger partial charge in [0.1, 0.15) is 16.2 Å². The topological polar surface area (TPSA) is 87.1 Å².